The SMILES string of the molecule is C=C1CCCC(=C)N1C1=CCC=CC(CCC)=C1. The molecule has 0 unspecified atom stereocenters. The van der Waals surface area contributed by atoms with Gasteiger partial charge in [0.15, 0.2) is 0 Å². The minimum Gasteiger partial charge on any atom is -0.319 e. The van der Waals surface area contributed by atoms with E-state index in [9.17, 15) is 0 Å². The largest absolute Gasteiger partial charge is 0.319 e. The molecule has 0 aromatic heterocycles. The zero-order valence-electron chi connectivity index (χ0n) is 11.4. The predicted molar refractivity (Wildman–Crippen MR) is 78.8 cm³/mol. The summed E-state index contributed by atoms with van der Waals surface area (Å²) < 4.78 is 0. The van der Waals surface area contributed by atoms with E-state index in [1.54, 1.807) is 0 Å². The van der Waals surface area contributed by atoms with Crippen molar-refractivity contribution < 1.29 is 0 Å². The molecule has 1 nitrogen and oxygen atoms in total. The monoisotopic (exact) mass is 241 g/mol. The van der Waals surface area contributed by atoms with Gasteiger partial charge in [0.25, 0.3) is 0 Å². The van der Waals surface area contributed by atoms with Gasteiger partial charge in [-0.2, -0.15) is 0 Å². The maximum atomic E-state index is 4.20. The van der Waals surface area contributed by atoms with E-state index >= 15 is 0 Å². The third-order valence-electron chi connectivity index (χ3n) is 3.49. The second kappa shape index (κ2) is 5.90. The van der Waals surface area contributed by atoms with Crippen molar-refractivity contribution in [3.8, 4) is 0 Å². The van der Waals surface area contributed by atoms with Gasteiger partial charge in [-0.25, -0.2) is 0 Å². The number of piperidine rings is 1. The first kappa shape index (κ1) is 12.9. The highest BCUT2D eigenvalue weighted by Crippen LogP contribution is 2.32. The third kappa shape index (κ3) is 2.84. The van der Waals surface area contributed by atoms with Gasteiger partial charge in [0.1, 0.15) is 0 Å². The van der Waals surface area contributed by atoms with Crippen molar-refractivity contribution >= 4 is 0 Å². The molecule has 1 heterocycles. The molecule has 0 saturated carbocycles. The minimum absolute atomic E-state index is 0.996. The molecule has 0 atom stereocenters. The Bertz CT molecular complexity index is 419. The van der Waals surface area contributed by atoms with Crippen molar-refractivity contribution in [3.05, 3.63) is 60.1 Å². The van der Waals surface area contributed by atoms with Gasteiger partial charge in [-0.05, 0) is 43.8 Å². The number of rotatable bonds is 3. The summed E-state index contributed by atoms with van der Waals surface area (Å²) in [5, 5.41) is 0. The van der Waals surface area contributed by atoms with Crippen LogP contribution in [-0.4, -0.2) is 4.90 Å². The van der Waals surface area contributed by atoms with Crippen LogP contribution in [0.4, 0.5) is 0 Å². The Balaban J connectivity index is 2.25. The third-order valence-corrected chi connectivity index (χ3v) is 3.49. The molecule has 0 amide bonds. The van der Waals surface area contributed by atoms with Crippen LogP contribution in [0.25, 0.3) is 0 Å². The molecular formula is C17H23N. The van der Waals surface area contributed by atoms with E-state index in [1.165, 1.54) is 35.5 Å². The Hall–Kier alpha value is -1.50. The van der Waals surface area contributed by atoms with Crippen LogP contribution in [0.2, 0.25) is 0 Å². The fourth-order valence-corrected chi connectivity index (χ4v) is 2.61. The van der Waals surface area contributed by atoms with Gasteiger partial charge in [-0.1, -0.05) is 44.7 Å². The highest BCUT2D eigenvalue weighted by molar-refractivity contribution is 5.37. The van der Waals surface area contributed by atoms with E-state index in [1.807, 2.05) is 0 Å². The van der Waals surface area contributed by atoms with Gasteiger partial charge in [0.2, 0.25) is 0 Å². The molecule has 0 radical (unpaired) electrons. The van der Waals surface area contributed by atoms with E-state index in [-0.39, 0.29) is 0 Å². The number of hydrogen-bond acceptors (Lipinski definition) is 1. The minimum atomic E-state index is 0.996. The van der Waals surface area contributed by atoms with Crippen LogP contribution in [-0.2, 0) is 0 Å². The first-order valence-corrected chi connectivity index (χ1v) is 6.95. The molecule has 96 valence electrons. The lowest BCUT2D eigenvalue weighted by Crippen LogP contribution is -2.23. The fourth-order valence-electron chi connectivity index (χ4n) is 2.61. The standard InChI is InChI=1S/C17H23N/c1-4-8-16-11-5-6-12-17(13-16)18-14(2)9-7-10-15(18)3/h5,11-13H,2-4,6-10H2,1H3. The van der Waals surface area contributed by atoms with E-state index in [0.29, 0.717) is 0 Å². The van der Waals surface area contributed by atoms with Gasteiger partial charge >= 0.3 is 0 Å². The molecule has 0 aromatic carbocycles. The fraction of sp³-hybridized carbons (Fsp3) is 0.412. The maximum Gasteiger partial charge on any atom is 0.0420 e. The van der Waals surface area contributed by atoms with Crippen LogP contribution in [0, 0.1) is 0 Å². The van der Waals surface area contributed by atoms with Crippen molar-refractivity contribution in [1.29, 1.82) is 0 Å². The topological polar surface area (TPSA) is 3.24 Å². The van der Waals surface area contributed by atoms with Gasteiger partial charge < -0.3 is 4.90 Å². The molecule has 0 spiro atoms. The van der Waals surface area contributed by atoms with Crippen LogP contribution in [0.3, 0.4) is 0 Å². The van der Waals surface area contributed by atoms with Crippen molar-refractivity contribution in [2.45, 2.75) is 45.4 Å². The summed E-state index contributed by atoms with van der Waals surface area (Å²) >= 11 is 0. The molecular weight excluding hydrogens is 218 g/mol. The molecule has 1 saturated heterocycles. The van der Waals surface area contributed by atoms with Gasteiger partial charge in [-0.3, -0.25) is 0 Å². The molecule has 1 fully saturated rings. The molecule has 0 N–H and O–H groups in total. The van der Waals surface area contributed by atoms with Crippen molar-refractivity contribution in [1.82, 2.24) is 4.90 Å². The highest BCUT2D eigenvalue weighted by Gasteiger charge is 2.19. The summed E-state index contributed by atoms with van der Waals surface area (Å²) in [4.78, 5) is 2.26. The lowest BCUT2D eigenvalue weighted by Gasteiger charge is -2.34. The zero-order valence-corrected chi connectivity index (χ0v) is 11.4. The van der Waals surface area contributed by atoms with Crippen molar-refractivity contribution in [2.24, 2.45) is 0 Å². The summed E-state index contributed by atoms with van der Waals surface area (Å²) in [5.74, 6) is 0. The summed E-state index contributed by atoms with van der Waals surface area (Å²) in [5.41, 5.74) is 5.04. The number of allylic oxidation sites excluding steroid dienone is 7. The molecule has 1 aliphatic heterocycles. The number of likely N-dealkylation sites (tertiary alicyclic amines) is 1. The summed E-state index contributed by atoms with van der Waals surface area (Å²) in [6.07, 6.45) is 15.7. The van der Waals surface area contributed by atoms with Gasteiger partial charge in [0.05, 0.1) is 0 Å². The molecule has 0 aromatic rings. The average molecular weight is 241 g/mol. The smallest absolute Gasteiger partial charge is 0.0420 e. The maximum absolute atomic E-state index is 4.20. The van der Waals surface area contributed by atoms with Crippen LogP contribution in [0.15, 0.2) is 60.1 Å². The Morgan fingerprint density at radius 1 is 1.22 bits per heavy atom. The van der Waals surface area contributed by atoms with E-state index < -0.39 is 0 Å². The first-order chi connectivity index (χ1) is 8.72. The first-order valence-electron chi connectivity index (χ1n) is 6.95. The van der Waals surface area contributed by atoms with E-state index in [4.69, 9.17) is 0 Å². The summed E-state index contributed by atoms with van der Waals surface area (Å²) in [7, 11) is 0. The lowest BCUT2D eigenvalue weighted by molar-refractivity contribution is 0.441. The summed E-state index contributed by atoms with van der Waals surface area (Å²) in [6.45, 7) is 10.6. The normalized spacial score (nSPS) is 20.6. The summed E-state index contributed by atoms with van der Waals surface area (Å²) in [6, 6.07) is 0. The van der Waals surface area contributed by atoms with Crippen molar-refractivity contribution in [2.75, 3.05) is 0 Å². The quantitative estimate of drug-likeness (QED) is 0.666. The van der Waals surface area contributed by atoms with Crippen LogP contribution < -0.4 is 0 Å². The molecule has 2 aliphatic rings. The zero-order chi connectivity index (χ0) is 13.0. The molecule has 18 heavy (non-hydrogen) atoms. The average Bonchev–Trinajstić information content (AvgIpc) is 2.55. The molecule has 1 aliphatic carbocycles. The number of nitrogens with zero attached hydrogens (tertiary/aromatic N) is 1. The highest BCUT2D eigenvalue weighted by atomic mass is 15.2. The molecule has 2 rings (SSSR count). The van der Waals surface area contributed by atoms with Crippen LogP contribution >= 0.6 is 0 Å². The predicted octanol–water partition coefficient (Wildman–Crippen LogP) is 5.07. The molecule has 1 heteroatoms. The Morgan fingerprint density at radius 3 is 2.61 bits per heavy atom. The van der Waals surface area contributed by atoms with Gasteiger partial charge in [-0.15, -0.1) is 0 Å². The Labute approximate surface area is 111 Å². The van der Waals surface area contributed by atoms with Crippen molar-refractivity contribution in [3.63, 3.8) is 0 Å². The second-order valence-corrected chi connectivity index (χ2v) is 5.06. The van der Waals surface area contributed by atoms with E-state index in [0.717, 1.165) is 25.7 Å². The number of hydrogen-bond donors (Lipinski definition) is 0. The lowest BCUT2D eigenvalue weighted by atomic mass is 10.0. The van der Waals surface area contributed by atoms with Gasteiger partial charge in [0, 0.05) is 17.1 Å². The second-order valence-electron chi connectivity index (χ2n) is 5.06. The Kier molecular flexibility index (Phi) is 4.24. The van der Waals surface area contributed by atoms with Crippen LogP contribution in [0.1, 0.15) is 45.4 Å². The molecule has 0 bridgehead atoms. The Morgan fingerprint density at radius 2 is 1.94 bits per heavy atom. The van der Waals surface area contributed by atoms with E-state index in [2.05, 4.69) is 49.3 Å². The van der Waals surface area contributed by atoms with Crippen LogP contribution in [0.5, 0.6) is 0 Å².